The van der Waals surface area contributed by atoms with Crippen molar-refractivity contribution in [2.45, 2.75) is 33.2 Å². The second-order valence-electron chi connectivity index (χ2n) is 6.53. The predicted molar refractivity (Wildman–Crippen MR) is 101 cm³/mol. The van der Waals surface area contributed by atoms with Gasteiger partial charge in [0.2, 0.25) is 5.91 Å². The van der Waals surface area contributed by atoms with E-state index in [1.54, 1.807) is 23.2 Å². The molecule has 0 atom stereocenters. The van der Waals surface area contributed by atoms with Crippen molar-refractivity contribution in [3.8, 4) is 0 Å². The van der Waals surface area contributed by atoms with E-state index in [0.29, 0.717) is 31.7 Å². The zero-order valence-corrected chi connectivity index (χ0v) is 15.5. The standard InChI is InChI=1S/C19H23N5O3/c1-13-5-6-15(12-16(13)24-9-3-4-17(24)25)22-19(27)18(26)21-8-11-23-10-7-20-14(23)2/h5-7,10,12H,3-4,8-9,11H2,1-2H3,(H,21,26)(H,22,27). The van der Waals surface area contributed by atoms with Crippen LogP contribution >= 0.6 is 0 Å². The van der Waals surface area contributed by atoms with E-state index in [1.807, 2.05) is 30.7 Å². The highest BCUT2D eigenvalue weighted by Gasteiger charge is 2.23. The molecular formula is C19H23N5O3. The quantitative estimate of drug-likeness (QED) is 0.778. The van der Waals surface area contributed by atoms with Gasteiger partial charge in [0.05, 0.1) is 0 Å². The summed E-state index contributed by atoms with van der Waals surface area (Å²) in [5.74, 6) is -0.515. The van der Waals surface area contributed by atoms with E-state index < -0.39 is 11.8 Å². The van der Waals surface area contributed by atoms with Crippen LogP contribution in [0.1, 0.15) is 24.2 Å². The van der Waals surface area contributed by atoms with Crippen LogP contribution in [0.2, 0.25) is 0 Å². The molecule has 0 unspecified atom stereocenters. The second kappa shape index (κ2) is 8.03. The van der Waals surface area contributed by atoms with Gasteiger partial charge < -0.3 is 20.1 Å². The fourth-order valence-corrected chi connectivity index (χ4v) is 3.08. The van der Waals surface area contributed by atoms with Crippen LogP contribution in [-0.4, -0.2) is 40.4 Å². The van der Waals surface area contributed by atoms with E-state index in [4.69, 9.17) is 0 Å². The summed E-state index contributed by atoms with van der Waals surface area (Å²) in [6, 6.07) is 5.29. The molecule has 1 aromatic heterocycles. The first kappa shape index (κ1) is 18.6. The van der Waals surface area contributed by atoms with Crippen LogP contribution in [0.15, 0.2) is 30.6 Å². The average molecular weight is 369 g/mol. The lowest BCUT2D eigenvalue weighted by Crippen LogP contribution is -2.37. The van der Waals surface area contributed by atoms with Crippen molar-refractivity contribution in [1.82, 2.24) is 14.9 Å². The number of anilines is 2. The van der Waals surface area contributed by atoms with Crippen molar-refractivity contribution in [2.24, 2.45) is 0 Å². The van der Waals surface area contributed by atoms with E-state index in [0.717, 1.165) is 23.5 Å². The van der Waals surface area contributed by atoms with Crippen LogP contribution in [-0.2, 0) is 20.9 Å². The Balaban J connectivity index is 1.57. The van der Waals surface area contributed by atoms with Crippen molar-refractivity contribution >= 4 is 29.1 Å². The van der Waals surface area contributed by atoms with Gasteiger partial charge in [-0.3, -0.25) is 14.4 Å². The molecule has 3 amide bonds. The lowest BCUT2D eigenvalue weighted by atomic mass is 10.1. The molecule has 1 fully saturated rings. The summed E-state index contributed by atoms with van der Waals surface area (Å²) in [6.07, 6.45) is 4.86. The molecule has 8 nitrogen and oxygen atoms in total. The van der Waals surface area contributed by atoms with Gasteiger partial charge in [0.15, 0.2) is 0 Å². The number of aromatic nitrogens is 2. The van der Waals surface area contributed by atoms with Crippen LogP contribution in [0.4, 0.5) is 11.4 Å². The van der Waals surface area contributed by atoms with Gasteiger partial charge in [-0.05, 0) is 38.0 Å². The van der Waals surface area contributed by atoms with Crippen LogP contribution < -0.4 is 15.5 Å². The van der Waals surface area contributed by atoms with Crippen molar-refractivity contribution in [3.05, 3.63) is 42.0 Å². The van der Waals surface area contributed by atoms with Crippen molar-refractivity contribution in [3.63, 3.8) is 0 Å². The molecule has 1 aromatic carbocycles. The molecule has 2 aromatic rings. The van der Waals surface area contributed by atoms with Gasteiger partial charge in [-0.15, -0.1) is 0 Å². The fraction of sp³-hybridized carbons (Fsp3) is 0.368. The van der Waals surface area contributed by atoms with Crippen LogP contribution in [0.3, 0.4) is 0 Å². The van der Waals surface area contributed by atoms with Gasteiger partial charge in [-0.25, -0.2) is 4.98 Å². The Morgan fingerprint density at radius 2 is 2.04 bits per heavy atom. The molecule has 1 aliphatic rings. The molecule has 0 spiro atoms. The summed E-state index contributed by atoms with van der Waals surface area (Å²) in [7, 11) is 0. The highest BCUT2D eigenvalue weighted by molar-refractivity contribution is 6.39. The normalized spacial score (nSPS) is 13.7. The zero-order valence-electron chi connectivity index (χ0n) is 15.5. The minimum Gasteiger partial charge on any atom is -0.346 e. The molecule has 27 heavy (non-hydrogen) atoms. The number of aryl methyl sites for hydroxylation is 2. The maximum atomic E-state index is 12.1. The molecular weight excluding hydrogens is 346 g/mol. The Labute approximate surface area is 157 Å². The van der Waals surface area contributed by atoms with Gasteiger partial charge in [0, 0.05) is 49.8 Å². The first-order valence-corrected chi connectivity index (χ1v) is 8.93. The highest BCUT2D eigenvalue weighted by atomic mass is 16.2. The summed E-state index contributed by atoms with van der Waals surface area (Å²) in [6.45, 7) is 5.32. The van der Waals surface area contributed by atoms with E-state index in [1.165, 1.54) is 0 Å². The van der Waals surface area contributed by atoms with E-state index in [9.17, 15) is 14.4 Å². The van der Waals surface area contributed by atoms with E-state index in [-0.39, 0.29) is 5.91 Å². The average Bonchev–Trinajstić information content (AvgIpc) is 3.25. The van der Waals surface area contributed by atoms with Crippen molar-refractivity contribution < 1.29 is 14.4 Å². The summed E-state index contributed by atoms with van der Waals surface area (Å²) < 4.78 is 1.89. The lowest BCUT2D eigenvalue weighted by molar-refractivity contribution is -0.136. The minimum atomic E-state index is -0.736. The first-order valence-electron chi connectivity index (χ1n) is 8.93. The van der Waals surface area contributed by atoms with Crippen molar-refractivity contribution in [2.75, 3.05) is 23.3 Å². The topological polar surface area (TPSA) is 96.3 Å². The molecule has 1 saturated heterocycles. The smallest absolute Gasteiger partial charge is 0.313 e. The Bertz CT molecular complexity index is 874. The Morgan fingerprint density at radius 1 is 1.22 bits per heavy atom. The molecule has 3 rings (SSSR count). The SMILES string of the molecule is Cc1ccc(NC(=O)C(=O)NCCn2ccnc2C)cc1N1CCCC1=O. The van der Waals surface area contributed by atoms with E-state index in [2.05, 4.69) is 15.6 Å². The van der Waals surface area contributed by atoms with Crippen molar-refractivity contribution in [1.29, 1.82) is 0 Å². The summed E-state index contributed by atoms with van der Waals surface area (Å²) in [5, 5.41) is 5.19. The Morgan fingerprint density at radius 3 is 2.70 bits per heavy atom. The number of hydrogen-bond donors (Lipinski definition) is 2. The maximum Gasteiger partial charge on any atom is 0.313 e. The zero-order chi connectivity index (χ0) is 19.4. The number of nitrogens with one attached hydrogen (secondary N) is 2. The predicted octanol–water partition coefficient (Wildman–Crippen LogP) is 1.38. The Kier molecular flexibility index (Phi) is 5.54. The molecule has 2 heterocycles. The molecule has 2 N–H and O–H groups in total. The van der Waals surface area contributed by atoms with Crippen LogP contribution in [0.5, 0.6) is 0 Å². The second-order valence-corrected chi connectivity index (χ2v) is 6.53. The number of rotatable bonds is 5. The number of imidazole rings is 1. The molecule has 0 saturated carbocycles. The van der Waals surface area contributed by atoms with Gasteiger partial charge in [0.1, 0.15) is 5.82 Å². The van der Waals surface area contributed by atoms with Crippen LogP contribution in [0, 0.1) is 13.8 Å². The Hall–Kier alpha value is -3.16. The van der Waals surface area contributed by atoms with Gasteiger partial charge >= 0.3 is 11.8 Å². The molecule has 0 bridgehead atoms. The molecule has 8 heteroatoms. The molecule has 142 valence electrons. The molecule has 0 aliphatic carbocycles. The largest absolute Gasteiger partial charge is 0.346 e. The number of carbonyl (C=O) groups excluding carboxylic acids is 3. The number of amides is 3. The van der Waals surface area contributed by atoms with Gasteiger partial charge in [0.25, 0.3) is 0 Å². The number of hydrogen-bond acceptors (Lipinski definition) is 4. The third kappa shape index (κ3) is 4.33. The molecule has 0 radical (unpaired) electrons. The highest BCUT2D eigenvalue weighted by Crippen LogP contribution is 2.28. The summed E-state index contributed by atoms with van der Waals surface area (Å²) >= 11 is 0. The maximum absolute atomic E-state index is 12.1. The van der Waals surface area contributed by atoms with Crippen LogP contribution in [0.25, 0.3) is 0 Å². The summed E-state index contributed by atoms with van der Waals surface area (Å²) in [4.78, 5) is 41.9. The van der Waals surface area contributed by atoms with Gasteiger partial charge in [-0.2, -0.15) is 0 Å². The molecule has 1 aliphatic heterocycles. The van der Waals surface area contributed by atoms with Gasteiger partial charge in [-0.1, -0.05) is 6.07 Å². The van der Waals surface area contributed by atoms with E-state index >= 15 is 0 Å². The lowest BCUT2D eigenvalue weighted by Gasteiger charge is -2.19. The minimum absolute atomic E-state index is 0.0779. The first-order chi connectivity index (χ1) is 13.0. The fourth-order valence-electron chi connectivity index (χ4n) is 3.08. The number of carbonyl (C=O) groups is 3. The third-order valence-corrected chi connectivity index (χ3v) is 4.60. The number of nitrogens with zero attached hydrogens (tertiary/aromatic N) is 3. The summed E-state index contributed by atoms with van der Waals surface area (Å²) in [5.41, 5.74) is 2.20. The monoisotopic (exact) mass is 369 g/mol. The third-order valence-electron chi connectivity index (χ3n) is 4.60. The number of benzene rings is 1.